The lowest BCUT2D eigenvalue weighted by Crippen LogP contribution is -2.43. The first-order valence-corrected chi connectivity index (χ1v) is 15.4. The predicted octanol–water partition coefficient (Wildman–Crippen LogP) is 6.00. The Morgan fingerprint density at radius 2 is 1.65 bits per heavy atom. The summed E-state index contributed by atoms with van der Waals surface area (Å²) in [6.07, 6.45) is 1.81. The van der Waals surface area contributed by atoms with Crippen LogP contribution in [0.1, 0.15) is 43.5 Å². The van der Waals surface area contributed by atoms with E-state index in [1.54, 1.807) is 34.8 Å². The number of rotatable bonds is 9. The van der Waals surface area contributed by atoms with Crippen LogP contribution in [0.25, 0.3) is 6.08 Å². The van der Waals surface area contributed by atoms with Gasteiger partial charge in [0.2, 0.25) is 0 Å². The Morgan fingerprint density at radius 3 is 2.28 bits per heavy atom. The lowest BCUT2D eigenvalue weighted by atomic mass is 9.94. The summed E-state index contributed by atoms with van der Waals surface area (Å²) in [6.45, 7) is 7.14. The van der Waals surface area contributed by atoms with E-state index in [1.165, 1.54) is 11.3 Å². The quantitative estimate of drug-likeness (QED) is 0.226. The van der Waals surface area contributed by atoms with Crippen molar-refractivity contribution in [2.75, 3.05) is 20.2 Å². The number of carbonyl (C=O) groups is 1. The molecule has 0 aliphatic carbocycles. The number of halogens is 2. The van der Waals surface area contributed by atoms with Crippen molar-refractivity contribution in [2.45, 2.75) is 33.4 Å². The Labute approximate surface area is 263 Å². The van der Waals surface area contributed by atoms with Crippen molar-refractivity contribution in [1.29, 1.82) is 0 Å². The van der Waals surface area contributed by atoms with Crippen molar-refractivity contribution in [1.82, 2.24) is 9.47 Å². The molecule has 5 rings (SSSR count). The molecule has 1 aromatic heterocycles. The molecule has 2 heterocycles. The van der Waals surface area contributed by atoms with E-state index < -0.39 is 6.04 Å². The van der Waals surface area contributed by atoms with Crippen LogP contribution < -0.4 is 24.4 Å². The second kappa shape index (κ2) is 13.2. The van der Waals surface area contributed by atoms with Gasteiger partial charge in [-0.15, -0.1) is 0 Å². The summed E-state index contributed by atoms with van der Waals surface area (Å²) >= 11 is 13.5. The number of aromatic nitrogens is 1. The first-order chi connectivity index (χ1) is 20.7. The summed E-state index contributed by atoms with van der Waals surface area (Å²) in [4.78, 5) is 34.7. The fourth-order valence-electron chi connectivity index (χ4n) is 5.02. The zero-order chi connectivity index (χ0) is 30.7. The number of likely N-dealkylation sites (N-methyl/N-ethyl adjacent to an activating group) is 1. The van der Waals surface area contributed by atoms with E-state index in [0.717, 1.165) is 16.7 Å². The van der Waals surface area contributed by atoms with Gasteiger partial charge in [0.1, 0.15) is 6.61 Å². The Balaban J connectivity index is 1.55. The average Bonchev–Trinajstić information content (AvgIpc) is 3.31. The van der Waals surface area contributed by atoms with E-state index in [0.29, 0.717) is 61.8 Å². The molecule has 0 bridgehead atoms. The maximum absolute atomic E-state index is 14.0. The Kier molecular flexibility index (Phi) is 9.40. The van der Waals surface area contributed by atoms with Gasteiger partial charge in [-0.3, -0.25) is 14.2 Å². The molecule has 0 spiro atoms. The van der Waals surface area contributed by atoms with Gasteiger partial charge >= 0.3 is 0 Å². The van der Waals surface area contributed by atoms with E-state index in [1.807, 2.05) is 75.4 Å². The summed E-state index contributed by atoms with van der Waals surface area (Å²) in [7, 11) is 1.57. The molecule has 1 aliphatic heterocycles. The van der Waals surface area contributed by atoms with Crippen molar-refractivity contribution in [3.63, 3.8) is 0 Å². The molecule has 7 nitrogen and oxygen atoms in total. The van der Waals surface area contributed by atoms with Gasteiger partial charge in [0, 0.05) is 23.1 Å². The molecule has 0 N–H and O–H groups in total. The Bertz CT molecular complexity index is 1860. The molecule has 1 amide bonds. The number of amides is 1. The smallest absolute Gasteiger partial charge is 0.271 e. The van der Waals surface area contributed by atoms with Crippen LogP contribution >= 0.6 is 34.5 Å². The van der Waals surface area contributed by atoms with Gasteiger partial charge in [-0.25, -0.2) is 4.99 Å². The first kappa shape index (κ1) is 30.6. The lowest BCUT2D eigenvalue weighted by molar-refractivity contribution is -0.127. The molecule has 0 fully saturated rings. The van der Waals surface area contributed by atoms with Gasteiger partial charge in [0.15, 0.2) is 16.3 Å². The molecule has 0 saturated heterocycles. The standard InChI is InChI=1S/C33H31Cl2N3O4S/c1-5-37(6-2)32(40)29-20(3)36-33-38(30(29)23-10-14-25(35)15-11-23)31(39)28(43-33)18-22-9-16-26(27(17-22)41-4)42-19-21-7-12-24(34)13-8-21/h7-18,30H,5-6,19H2,1-4H3/b28-18+/t30-/m1/s1. The van der Waals surface area contributed by atoms with Crippen LogP contribution in [0.5, 0.6) is 11.5 Å². The average molecular weight is 637 g/mol. The zero-order valence-corrected chi connectivity index (χ0v) is 26.6. The maximum atomic E-state index is 14.0. The fourth-order valence-corrected chi connectivity index (χ4v) is 6.32. The Hall–Kier alpha value is -3.85. The van der Waals surface area contributed by atoms with Crippen LogP contribution in [0.2, 0.25) is 10.0 Å². The summed E-state index contributed by atoms with van der Waals surface area (Å²) in [5, 5.41) is 1.24. The molecule has 222 valence electrons. The molecule has 0 saturated carbocycles. The number of methoxy groups -OCH3 is 1. The minimum absolute atomic E-state index is 0.139. The highest BCUT2D eigenvalue weighted by Gasteiger charge is 2.34. The summed E-state index contributed by atoms with van der Waals surface area (Å²) in [5.74, 6) is 0.978. The van der Waals surface area contributed by atoms with E-state index in [4.69, 9.17) is 37.7 Å². The SMILES string of the molecule is CCN(CC)C(=O)C1=C(C)N=c2s/c(=C/c3ccc(OCc4ccc(Cl)cc4)c(OC)c3)c(=O)n2[C@@H]1c1ccc(Cl)cc1. The maximum Gasteiger partial charge on any atom is 0.271 e. The van der Waals surface area contributed by atoms with Crippen LogP contribution in [0.15, 0.2) is 87.8 Å². The second-order valence-electron chi connectivity index (χ2n) is 9.94. The number of carbonyl (C=O) groups excluding carboxylic acids is 1. The number of hydrogen-bond donors (Lipinski definition) is 0. The van der Waals surface area contributed by atoms with E-state index in [-0.39, 0.29) is 11.5 Å². The first-order valence-electron chi connectivity index (χ1n) is 13.9. The highest BCUT2D eigenvalue weighted by molar-refractivity contribution is 7.07. The summed E-state index contributed by atoms with van der Waals surface area (Å²) < 4.78 is 13.7. The van der Waals surface area contributed by atoms with Crippen molar-refractivity contribution >= 4 is 46.5 Å². The number of ether oxygens (including phenoxy) is 2. The highest BCUT2D eigenvalue weighted by Crippen LogP contribution is 2.32. The zero-order valence-electron chi connectivity index (χ0n) is 24.3. The van der Waals surface area contributed by atoms with Crippen molar-refractivity contribution < 1.29 is 14.3 Å². The number of fused-ring (bicyclic) bond motifs is 1. The number of hydrogen-bond acceptors (Lipinski definition) is 6. The molecule has 1 atom stereocenters. The number of nitrogens with zero attached hydrogens (tertiary/aromatic N) is 3. The predicted molar refractivity (Wildman–Crippen MR) is 172 cm³/mol. The van der Waals surface area contributed by atoms with Crippen molar-refractivity contribution in [2.24, 2.45) is 4.99 Å². The van der Waals surface area contributed by atoms with Crippen LogP contribution in [0.4, 0.5) is 0 Å². The molecule has 0 radical (unpaired) electrons. The van der Waals surface area contributed by atoms with Gasteiger partial charge in [-0.1, -0.05) is 64.9 Å². The molecule has 1 aliphatic rings. The third kappa shape index (κ3) is 6.42. The minimum Gasteiger partial charge on any atom is -0.493 e. The monoisotopic (exact) mass is 635 g/mol. The molecule has 10 heteroatoms. The molecule has 3 aromatic carbocycles. The van der Waals surface area contributed by atoms with Crippen molar-refractivity contribution in [3.05, 3.63) is 124 Å². The van der Waals surface area contributed by atoms with E-state index in [9.17, 15) is 9.59 Å². The van der Waals surface area contributed by atoms with Crippen LogP contribution in [0.3, 0.4) is 0 Å². The largest absolute Gasteiger partial charge is 0.493 e. The molecular formula is C33H31Cl2N3O4S. The van der Waals surface area contributed by atoms with Crippen LogP contribution in [-0.2, 0) is 11.4 Å². The third-order valence-electron chi connectivity index (χ3n) is 7.28. The van der Waals surface area contributed by atoms with Gasteiger partial charge in [0.25, 0.3) is 11.5 Å². The van der Waals surface area contributed by atoms with Gasteiger partial charge in [-0.2, -0.15) is 0 Å². The minimum atomic E-state index is -0.637. The molecule has 0 unspecified atom stereocenters. The lowest BCUT2D eigenvalue weighted by Gasteiger charge is -2.29. The normalized spacial score (nSPS) is 14.7. The van der Waals surface area contributed by atoms with Crippen molar-refractivity contribution in [3.8, 4) is 11.5 Å². The van der Waals surface area contributed by atoms with Gasteiger partial charge in [-0.05, 0) is 79.9 Å². The number of benzene rings is 3. The number of allylic oxidation sites excluding steroid dienone is 1. The van der Waals surface area contributed by atoms with Crippen LogP contribution in [-0.4, -0.2) is 35.6 Å². The molecule has 43 heavy (non-hydrogen) atoms. The summed E-state index contributed by atoms with van der Waals surface area (Å²) in [6, 6.07) is 19.6. The third-order valence-corrected chi connectivity index (χ3v) is 8.77. The highest BCUT2D eigenvalue weighted by atomic mass is 35.5. The Morgan fingerprint density at radius 1 is 1.00 bits per heavy atom. The van der Waals surface area contributed by atoms with E-state index >= 15 is 0 Å². The van der Waals surface area contributed by atoms with E-state index in [2.05, 4.69) is 0 Å². The number of thiazole rings is 1. The molecular weight excluding hydrogens is 605 g/mol. The van der Waals surface area contributed by atoms with Gasteiger partial charge < -0.3 is 14.4 Å². The fraction of sp³-hybridized carbons (Fsp3) is 0.242. The van der Waals surface area contributed by atoms with Gasteiger partial charge in [0.05, 0.1) is 29.0 Å². The second-order valence-corrected chi connectivity index (χ2v) is 11.8. The van der Waals surface area contributed by atoms with Crippen LogP contribution in [0, 0.1) is 0 Å². The topological polar surface area (TPSA) is 73.1 Å². The molecule has 4 aromatic rings. The summed E-state index contributed by atoms with van der Waals surface area (Å²) in [5.41, 5.74) is 3.36.